The molecule has 0 aliphatic rings. The van der Waals surface area contributed by atoms with Crippen molar-refractivity contribution in [1.82, 2.24) is 0 Å². The summed E-state index contributed by atoms with van der Waals surface area (Å²) in [5, 5.41) is 0. The number of rotatable bonds is 4. The Balaban J connectivity index is 4.05. The van der Waals surface area contributed by atoms with Gasteiger partial charge in [0, 0.05) is 5.48 Å². The van der Waals surface area contributed by atoms with Gasteiger partial charge in [-0.1, -0.05) is 66.7 Å². The van der Waals surface area contributed by atoms with Gasteiger partial charge in [-0.05, 0) is 34.9 Å². The largest absolute Gasteiger partial charge is 0.394 e. The fourth-order valence-corrected chi connectivity index (χ4v) is 2.38. The zero-order valence-electron chi connectivity index (χ0n) is 20.0. The SMILES string of the molecule is [2H]C([2H])(c1cccc(C([2H])([2H])C(C)(C)C(F)(F)F)c1C(C)(C)C)C(C)(C)C(F)(F)F. The molecule has 0 aliphatic carbocycles. The van der Waals surface area contributed by atoms with Crippen molar-refractivity contribution >= 4 is 0 Å². The molecule has 0 aliphatic heterocycles. The van der Waals surface area contributed by atoms with Crippen LogP contribution in [0.2, 0.25) is 0 Å². The van der Waals surface area contributed by atoms with Crippen molar-refractivity contribution in [1.29, 1.82) is 0 Å². The zero-order valence-corrected chi connectivity index (χ0v) is 16.0. The lowest BCUT2D eigenvalue weighted by Gasteiger charge is -2.35. The van der Waals surface area contributed by atoms with E-state index in [2.05, 4.69) is 0 Å². The van der Waals surface area contributed by atoms with E-state index in [0.29, 0.717) is 27.7 Å². The summed E-state index contributed by atoms with van der Waals surface area (Å²) >= 11 is 0. The molecule has 1 aromatic rings. The number of alkyl halides is 6. The molecule has 0 bridgehead atoms. The molecule has 0 fully saturated rings. The van der Waals surface area contributed by atoms with Crippen LogP contribution < -0.4 is 0 Å². The third-order valence-corrected chi connectivity index (χ3v) is 4.13. The van der Waals surface area contributed by atoms with Gasteiger partial charge in [0.1, 0.15) is 0 Å². The van der Waals surface area contributed by atoms with Crippen molar-refractivity contribution in [3.8, 4) is 0 Å². The second-order valence-electron chi connectivity index (χ2n) is 8.47. The van der Waals surface area contributed by atoms with Crippen molar-refractivity contribution in [2.24, 2.45) is 10.8 Å². The van der Waals surface area contributed by atoms with Crippen LogP contribution in [0, 0.1) is 10.8 Å². The van der Waals surface area contributed by atoms with Crippen molar-refractivity contribution < 1.29 is 31.8 Å². The molecule has 0 saturated heterocycles. The first-order chi connectivity index (χ1) is 12.8. The van der Waals surface area contributed by atoms with Crippen LogP contribution in [-0.4, -0.2) is 12.4 Å². The predicted octanol–water partition coefficient (Wildman–Crippen LogP) is 7.25. The van der Waals surface area contributed by atoms with Crippen LogP contribution in [0.3, 0.4) is 0 Å². The molecule has 1 aromatic carbocycles. The normalized spacial score (nSPS) is 18.0. The minimum absolute atomic E-state index is 0.199. The third-order valence-electron chi connectivity index (χ3n) is 4.13. The number of benzene rings is 1. The molecule has 0 nitrogen and oxygen atoms in total. The van der Waals surface area contributed by atoms with Crippen molar-refractivity contribution in [3.63, 3.8) is 0 Å². The molecule has 150 valence electrons. The molecule has 0 N–H and O–H groups in total. The van der Waals surface area contributed by atoms with Gasteiger partial charge in [-0.2, -0.15) is 26.3 Å². The summed E-state index contributed by atoms with van der Waals surface area (Å²) in [6.45, 7) is 7.23. The van der Waals surface area contributed by atoms with Gasteiger partial charge in [0.2, 0.25) is 0 Å². The smallest absolute Gasteiger partial charge is 0.171 e. The summed E-state index contributed by atoms with van der Waals surface area (Å²) in [5.74, 6) is 0. The summed E-state index contributed by atoms with van der Waals surface area (Å²) in [6.07, 6.45) is -16.0. The van der Waals surface area contributed by atoms with E-state index < -0.39 is 52.5 Å². The van der Waals surface area contributed by atoms with Gasteiger partial charge in [-0.15, -0.1) is 0 Å². The minimum Gasteiger partial charge on any atom is -0.171 e. The summed E-state index contributed by atoms with van der Waals surface area (Å²) < 4.78 is 115. The van der Waals surface area contributed by atoms with Gasteiger partial charge in [-0.25, -0.2) is 0 Å². The number of halogens is 6. The van der Waals surface area contributed by atoms with Crippen LogP contribution >= 0.6 is 0 Å². The van der Waals surface area contributed by atoms with Gasteiger partial charge in [0.05, 0.1) is 10.8 Å². The highest BCUT2D eigenvalue weighted by Gasteiger charge is 2.49. The highest BCUT2D eigenvalue weighted by Crippen LogP contribution is 2.45. The lowest BCUT2D eigenvalue weighted by atomic mass is 9.72. The Morgan fingerprint density at radius 3 is 1.23 bits per heavy atom. The molecule has 0 saturated carbocycles. The average Bonchev–Trinajstić information content (AvgIpc) is 2.50. The summed E-state index contributed by atoms with van der Waals surface area (Å²) in [6, 6.07) is 3.29. The maximum absolute atomic E-state index is 13.7. The molecular weight excluding hydrogens is 354 g/mol. The highest BCUT2D eigenvalue weighted by molar-refractivity contribution is 5.41. The van der Waals surface area contributed by atoms with Gasteiger partial charge in [0.15, 0.2) is 0 Å². The number of hydrogen-bond donors (Lipinski definition) is 0. The number of hydrogen-bond acceptors (Lipinski definition) is 0. The van der Waals surface area contributed by atoms with E-state index in [9.17, 15) is 26.3 Å². The average molecular weight is 386 g/mol. The molecule has 0 spiro atoms. The van der Waals surface area contributed by atoms with E-state index in [1.165, 1.54) is 20.8 Å². The third kappa shape index (κ3) is 4.95. The molecule has 0 radical (unpaired) electrons. The Kier molecular flexibility index (Phi) is 4.40. The molecule has 0 aromatic heterocycles. The van der Waals surface area contributed by atoms with E-state index in [1.807, 2.05) is 0 Å². The van der Waals surface area contributed by atoms with Crippen molar-refractivity contribution in [2.75, 3.05) is 0 Å². The minimum atomic E-state index is -4.95. The van der Waals surface area contributed by atoms with Crippen LogP contribution in [0.1, 0.15) is 70.6 Å². The fraction of sp³-hybridized carbons (Fsp3) is 0.700. The van der Waals surface area contributed by atoms with E-state index >= 15 is 0 Å². The summed E-state index contributed by atoms with van der Waals surface area (Å²) in [4.78, 5) is 0. The Hall–Kier alpha value is -1.20. The van der Waals surface area contributed by atoms with Crippen molar-refractivity contribution in [3.05, 3.63) is 34.9 Å². The molecule has 26 heavy (non-hydrogen) atoms. The Bertz CT molecular complexity index is 728. The van der Waals surface area contributed by atoms with Crippen LogP contribution in [0.15, 0.2) is 18.2 Å². The quantitative estimate of drug-likeness (QED) is 0.478. The summed E-state index contributed by atoms with van der Waals surface area (Å²) in [7, 11) is 0. The first kappa shape index (κ1) is 16.9. The van der Waals surface area contributed by atoms with E-state index in [-0.39, 0.29) is 5.56 Å². The first-order valence-corrected chi connectivity index (χ1v) is 8.13. The lowest BCUT2D eigenvalue weighted by molar-refractivity contribution is -0.211. The monoisotopic (exact) mass is 386 g/mol. The maximum atomic E-state index is 13.7. The lowest BCUT2D eigenvalue weighted by Crippen LogP contribution is -2.36. The second kappa shape index (κ2) is 6.75. The van der Waals surface area contributed by atoms with Gasteiger partial charge in [0.25, 0.3) is 0 Å². The van der Waals surface area contributed by atoms with Gasteiger partial charge in [-0.3, -0.25) is 0 Å². The van der Waals surface area contributed by atoms with Crippen LogP contribution in [-0.2, 0) is 18.2 Å². The van der Waals surface area contributed by atoms with Crippen LogP contribution in [0.25, 0.3) is 0 Å². The van der Waals surface area contributed by atoms with Crippen LogP contribution in [0.4, 0.5) is 26.3 Å². The van der Waals surface area contributed by atoms with E-state index in [4.69, 9.17) is 5.48 Å². The van der Waals surface area contributed by atoms with E-state index in [1.54, 1.807) is 0 Å². The Labute approximate surface area is 157 Å². The zero-order chi connectivity index (χ0) is 24.4. The van der Waals surface area contributed by atoms with Crippen LogP contribution in [0.5, 0.6) is 0 Å². The molecule has 0 heterocycles. The molecule has 0 atom stereocenters. The predicted molar refractivity (Wildman–Crippen MR) is 92.2 cm³/mol. The van der Waals surface area contributed by atoms with E-state index in [0.717, 1.165) is 18.2 Å². The first-order valence-electron chi connectivity index (χ1n) is 10.1. The molecule has 1 rings (SSSR count). The molecule has 0 unspecified atom stereocenters. The van der Waals surface area contributed by atoms with Crippen molar-refractivity contribution in [2.45, 2.75) is 79.0 Å². The van der Waals surface area contributed by atoms with Gasteiger partial charge < -0.3 is 0 Å². The fourth-order valence-electron chi connectivity index (χ4n) is 2.38. The molecule has 6 heteroatoms. The summed E-state index contributed by atoms with van der Waals surface area (Å²) in [5.41, 5.74) is -8.06. The standard InChI is InChI=1S/C20H28F6/c1-16(2,3)15-13(11-17(4,5)19(21,22)23)9-8-10-14(15)12-18(6,7)20(24,25)26/h8-10H,11-12H2,1-7H3/i11D2,12D2. The highest BCUT2D eigenvalue weighted by atomic mass is 19.4. The maximum Gasteiger partial charge on any atom is 0.394 e. The topological polar surface area (TPSA) is 0 Å². The molecule has 0 amide bonds. The van der Waals surface area contributed by atoms with Gasteiger partial charge >= 0.3 is 12.4 Å². The second-order valence-corrected chi connectivity index (χ2v) is 8.47. The molecular formula is C20H28F6. The Morgan fingerprint density at radius 1 is 0.692 bits per heavy atom. The Morgan fingerprint density at radius 2 is 1.00 bits per heavy atom.